The zero-order chi connectivity index (χ0) is 26.8. The molecule has 0 fully saturated rings. The Hall–Kier alpha value is -4.43. The van der Waals surface area contributed by atoms with E-state index in [1.54, 1.807) is 0 Å². The Morgan fingerprint density at radius 2 is 1.26 bits per heavy atom. The normalized spacial score (nSPS) is 11.6. The molecule has 188 valence electrons. The molecule has 0 atom stereocenters. The van der Waals surface area contributed by atoms with Crippen molar-refractivity contribution in [1.82, 2.24) is 0 Å². The van der Waals surface area contributed by atoms with Gasteiger partial charge in [0.1, 0.15) is 0 Å². The second-order valence-corrected chi connectivity index (χ2v) is 10.2. The molecule has 2 heteroatoms. The molecule has 0 radical (unpaired) electrons. The number of Topliss-reactive ketones (excluding diaryl/α,β-unsaturated/α-hetero) is 1. The number of hydrogen-bond donors (Lipinski definition) is 0. The van der Waals surface area contributed by atoms with Crippen molar-refractivity contribution in [2.24, 2.45) is 0 Å². The third-order valence-corrected chi connectivity index (χ3v) is 7.11. The van der Waals surface area contributed by atoms with Crippen LogP contribution in [-0.4, -0.2) is 5.78 Å². The van der Waals surface area contributed by atoms with Gasteiger partial charge in [0.05, 0.1) is 5.69 Å². The van der Waals surface area contributed by atoms with E-state index in [-0.39, 0.29) is 5.78 Å². The molecule has 0 aliphatic carbocycles. The Bertz CT molecular complexity index is 1650. The zero-order valence-electron chi connectivity index (χ0n) is 22.7. The van der Waals surface area contributed by atoms with E-state index in [9.17, 15) is 4.79 Å². The van der Waals surface area contributed by atoms with E-state index < -0.39 is 0 Å². The van der Waals surface area contributed by atoms with Crippen molar-refractivity contribution in [1.29, 1.82) is 0 Å². The predicted molar refractivity (Wildman–Crippen MR) is 162 cm³/mol. The molecule has 0 N–H and O–H groups in total. The number of nitrogens with zero attached hydrogens (tertiary/aromatic N) is 1. The molecule has 0 aliphatic rings. The van der Waals surface area contributed by atoms with E-state index in [1.807, 2.05) is 44.2 Å². The molecule has 0 unspecified atom stereocenters. The number of ketones is 1. The first kappa shape index (κ1) is 25.2. The maximum atomic E-state index is 13.0. The van der Waals surface area contributed by atoms with Crippen LogP contribution in [0.3, 0.4) is 0 Å². The summed E-state index contributed by atoms with van der Waals surface area (Å²) >= 11 is 0. The van der Waals surface area contributed by atoms with Gasteiger partial charge in [0, 0.05) is 16.9 Å². The van der Waals surface area contributed by atoms with Gasteiger partial charge in [-0.3, -0.25) is 4.79 Å². The standard InChI is InChI=1S/C36H33NO/c1-24-19-26(3)35(27(4)20-24)37(32-12-7-6-8-13-32)33-18-17-30-22-29(15-16-31(30)23-33)21-28(5)36(38)34-14-10-9-11-25(34)2/h6-23H,1-5H3. The maximum absolute atomic E-state index is 13.0. The Kier molecular flexibility index (Phi) is 6.98. The molecule has 0 amide bonds. The van der Waals surface area contributed by atoms with Gasteiger partial charge in [-0.1, -0.05) is 78.4 Å². The van der Waals surface area contributed by atoms with Gasteiger partial charge in [0.15, 0.2) is 5.78 Å². The summed E-state index contributed by atoms with van der Waals surface area (Å²) in [6.45, 7) is 10.4. The highest BCUT2D eigenvalue weighted by molar-refractivity contribution is 6.11. The summed E-state index contributed by atoms with van der Waals surface area (Å²) in [4.78, 5) is 15.4. The second-order valence-electron chi connectivity index (χ2n) is 10.2. The molecule has 0 saturated carbocycles. The summed E-state index contributed by atoms with van der Waals surface area (Å²) in [6, 6.07) is 35.8. The topological polar surface area (TPSA) is 20.3 Å². The van der Waals surface area contributed by atoms with Crippen LogP contribution in [0, 0.1) is 27.7 Å². The van der Waals surface area contributed by atoms with Crippen LogP contribution >= 0.6 is 0 Å². The van der Waals surface area contributed by atoms with Crippen LogP contribution in [0.15, 0.2) is 109 Å². The van der Waals surface area contributed by atoms with Crippen molar-refractivity contribution < 1.29 is 4.79 Å². The minimum atomic E-state index is 0.0703. The van der Waals surface area contributed by atoms with Gasteiger partial charge >= 0.3 is 0 Å². The summed E-state index contributed by atoms with van der Waals surface area (Å²) in [5.41, 5.74) is 10.7. The van der Waals surface area contributed by atoms with E-state index in [0.29, 0.717) is 0 Å². The van der Waals surface area contributed by atoms with E-state index >= 15 is 0 Å². The molecule has 5 rings (SSSR count). The van der Waals surface area contributed by atoms with Gasteiger partial charge in [-0.15, -0.1) is 0 Å². The lowest BCUT2D eigenvalue weighted by molar-refractivity contribution is 0.103. The van der Waals surface area contributed by atoms with Gasteiger partial charge in [-0.25, -0.2) is 0 Å². The van der Waals surface area contributed by atoms with Crippen LogP contribution in [0.4, 0.5) is 17.1 Å². The Morgan fingerprint density at radius 1 is 0.632 bits per heavy atom. The Balaban J connectivity index is 1.54. The van der Waals surface area contributed by atoms with Gasteiger partial charge in [-0.05, 0) is 110 Å². The van der Waals surface area contributed by atoms with Crippen molar-refractivity contribution in [3.05, 3.63) is 142 Å². The maximum Gasteiger partial charge on any atom is 0.189 e. The number of carbonyl (C=O) groups is 1. The fourth-order valence-corrected chi connectivity index (χ4v) is 5.35. The molecule has 0 aliphatic heterocycles. The van der Waals surface area contributed by atoms with Crippen LogP contribution in [-0.2, 0) is 0 Å². The fourth-order valence-electron chi connectivity index (χ4n) is 5.35. The van der Waals surface area contributed by atoms with Gasteiger partial charge in [-0.2, -0.15) is 0 Å². The van der Waals surface area contributed by atoms with E-state index in [4.69, 9.17) is 0 Å². The number of para-hydroxylation sites is 1. The lowest BCUT2D eigenvalue weighted by Gasteiger charge is -2.29. The van der Waals surface area contributed by atoms with Crippen LogP contribution in [0.2, 0.25) is 0 Å². The number of benzene rings is 5. The molecule has 5 aromatic carbocycles. The first-order valence-corrected chi connectivity index (χ1v) is 13.1. The van der Waals surface area contributed by atoms with Gasteiger partial charge in [0.2, 0.25) is 0 Å². The van der Waals surface area contributed by atoms with Crippen LogP contribution < -0.4 is 4.90 Å². The zero-order valence-corrected chi connectivity index (χ0v) is 22.7. The third-order valence-electron chi connectivity index (χ3n) is 7.11. The molecular weight excluding hydrogens is 462 g/mol. The SMILES string of the molecule is CC(=Cc1ccc2cc(N(c3ccccc3)c3c(C)cc(C)cc3C)ccc2c1)C(=O)c1ccccc1C. The summed E-state index contributed by atoms with van der Waals surface area (Å²) in [5, 5.41) is 2.30. The largest absolute Gasteiger partial charge is 0.310 e. The molecule has 0 spiro atoms. The highest BCUT2D eigenvalue weighted by Crippen LogP contribution is 2.40. The highest BCUT2D eigenvalue weighted by Gasteiger charge is 2.17. The number of hydrogen-bond acceptors (Lipinski definition) is 2. The highest BCUT2D eigenvalue weighted by atomic mass is 16.1. The Labute approximate surface area is 225 Å². The number of allylic oxidation sites excluding steroid dienone is 1. The molecular formula is C36H33NO. The molecule has 0 bridgehead atoms. The minimum absolute atomic E-state index is 0.0703. The van der Waals surface area contributed by atoms with Gasteiger partial charge in [0.25, 0.3) is 0 Å². The third kappa shape index (κ3) is 5.03. The number of anilines is 3. The van der Waals surface area contributed by atoms with Crippen molar-refractivity contribution in [2.45, 2.75) is 34.6 Å². The molecule has 2 nitrogen and oxygen atoms in total. The van der Waals surface area contributed by atoms with Crippen molar-refractivity contribution in [3.8, 4) is 0 Å². The lowest BCUT2D eigenvalue weighted by atomic mass is 9.97. The van der Waals surface area contributed by atoms with Crippen molar-refractivity contribution in [2.75, 3.05) is 4.90 Å². The molecule has 38 heavy (non-hydrogen) atoms. The number of carbonyl (C=O) groups excluding carboxylic acids is 1. The molecule has 5 aromatic rings. The first-order chi connectivity index (χ1) is 18.3. The molecule has 0 aromatic heterocycles. The first-order valence-electron chi connectivity index (χ1n) is 13.1. The number of aryl methyl sites for hydroxylation is 4. The van der Waals surface area contributed by atoms with Crippen LogP contribution in [0.1, 0.15) is 45.1 Å². The minimum Gasteiger partial charge on any atom is -0.310 e. The van der Waals surface area contributed by atoms with Crippen LogP contribution in [0.25, 0.3) is 16.8 Å². The average molecular weight is 496 g/mol. The summed E-state index contributed by atoms with van der Waals surface area (Å²) < 4.78 is 0. The fraction of sp³-hybridized carbons (Fsp3) is 0.139. The smallest absolute Gasteiger partial charge is 0.189 e. The lowest BCUT2D eigenvalue weighted by Crippen LogP contribution is -2.13. The summed E-state index contributed by atoms with van der Waals surface area (Å²) in [5.74, 6) is 0.0703. The Morgan fingerprint density at radius 3 is 1.97 bits per heavy atom. The number of fused-ring (bicyclic) bond motifs is 1. The van der Waals surface area contributed by atoms with Crippen molar-refractivity contribution in [3.63, 3.8) is 0 Å². The number of rotatable bonds is 6. The predicted octanol–water partition coefficient (Wildman–Crippen LogP) is 9.83. The van der Waals surface area contributed by atoms with E-state index in [1.165, 1.54) is 22.4 Å². The monoisotopic (exact) mass is 495 g/mol. The summed E-state index contributed by atoms with van der Waals surface area (Å²) in [6.07, 6.45) is 1.98. The quantitative estimate of drug-likeness (QED) is 0.173. The summed E-state index contributed by atoms with van der Waals surface area (Å²) in [7, 11) is 0. The van der Waals surface area contributed by atoms with Crippen molar-refractivity contribution >= 4 is 39.7 Å². The van der Waals surface area contributed by atoms with E-state index in [0.717, 1.165) is 44.4 Å². The molecule has 0 heterocycles. The van der Waals surface area contributed by atoms with Gasteiger partial charge < -0.3 is 4.90 Å². The average Bonchev–Trinajstić information content (AvgIpc) is 2.90. The van der Waals surface area contributed by atoms with Crippen LogP contribution in [0.5, 0.6) is 0 Å². The second kappa shape index (κ2) is 10.5. The van der Waals surface area contributed by atoms with E-state index in [2.05, 4.69) is 105 Å². The molecule has 0 saturated heterocycles.